The molecule has 3 N–H and O–H groups in total. The summed E-state index contributed by atoms with van der Waals surface area (Å²) in [5.74, 6) is -4.53. The lowest BCUT2D eigenvalue weighted by Gasteiger charge is -2.50. The first-order chi connectivity index (χ1) is 30.4. The molecular formula is C48H79FN2O14. The van der Waals surface area contributed by atoms with Gasteiger partial charge < -0.3 is 63.1 Å². The standard InChI is InChI=1S/C48H79FN2O14/c1-16-35-48(10,56)41(57-13)28(4)37(52)26(2)24-46(8,58-14)40(64-44-38(53)34(51(11)12)23-27(3)60-44)29(5)39(30(6)43(54)62-35)63-36-25-47(9,59-15)42(31(7)61-36)65-45(55)50-22-21-32-17-19-33(49)20-18-32/h17-20,26-31,34-36,38-42,44,53,56H,16,21-25H2,1-15H3,(H,50,55)/t26-,27-,28+,29+,30-,31+,34+,35-,36+,38-,39+,40-,41-,42+,44+,46-,47-,48-/m1/s1. The van der Waals surface area contributed by atoms with Crippen LogP contribution in [0.5, 0.6) is 0 Å². The number of carbonyl (C=O) groups is 3. The Morgan fingerprint density at radius 2 is 1.51 bits per heavy atom. The van der Waals surface area contributed by atoms with Gasteiger partial charge in [-0.05, 0) is 99.0 Å². The predicted molar refractivity (Wildman–Crippen MR) is 238 cm³/mol. The van der Waals surface area contributed by atoms with E-state index >= 15 is 0 Å². The number of carbonyl (C=O) groups excluding carboxylic acids is 3. The van der Waals surface area contributed by atoms with Crippen molar-refractivity contribution in [1.29, 1.82) is 0 Å². The summed E-state index contributed by atoms with van der Waals surface area (Å²) in [6, 6.07) is 5.71. The molecular weight excluding hydrogens is 848 g/mol. The average molecular weight is 927 g/mol. The SMILES string of the molecule is CC[C@H]1OC(=O)[C@H](C)[C@@H](O[C@H]2C[C@@](C)(OC)[C@@H](OC(=O)NCCc3ccc(F)cc3)[C@H](C)O2)[C@H](C)[C@@H](O[C@@H]2O[C@H](C)C[C@H](N(C)C)[C@H]2O)[C@](C)(OC)C[C@@H](C)C(=O)[C@H](C)[C@@H](OC)[C@]1(C)O. The predicted octanol–water partition coefficient (Wildman–Crippen LogP) is 5.21. The fraction of sp³-hybridized carbons (Fsp3) is 0.812. The van der Waals surface area contributed by atoms with Gasteiger partial charge in [0.15, 0.2) is 18.7 Å². The van der Waals surface area contributed by atoms with Crippen LogP contribution in [0.4, 0.5) is 9.18 Å². The van der Waals surface area contributed by atoms with Gasteiger partial charge in [0.25, 0.3) is 0 Å². The van der Waals surface area contributed by atoms with E-state index < -0.39 is 108 Å². The van der Waals surface area contributed by atoms with Crippen molar-refractivity contribution in [3.8, 4) is 0 Å². The Hall–Kier alpha value is -2.84. The second-order valence-corrected chi connectivity index (χ2v) is 19.5. The number of aliphatic hydroxyl groups excluding tert-OH is 1. The van der Waals surface area contributed by atoms with E-state index in [0.717, 1.165) is 5.56 Å². The van der Waals surface area contributed by atoms with Gasteiger partial charge >= 0.3 is 12.1 Å². The monoisotopic (exact) mass is 927 g/mol. The van der Waals surface area contributed by atoms with Crippen molar-refractivity contribution >= 4 is 17.8 Å². The molecule has 1 aromatic rings. The molecule has 372 valence electrons. The number of cyclic esters (lactones) is 1. The molecule has 0 spiro atoms. The van der Waals surface area contributed by atoms with Gasteiger partial charge in [-0.2, -0.15) is 0 Å². The fourth-order valence-corrected chi connectivity index (χ4v) is 10.3. The van der Waals surface area contributed by atoms with Gasteiger partial charge in [0, 0.05) is 58.1 Å². The van der Waals surface area contributed by atoms with Gasteiger partial charge in [-0.3, -0.25) is 9.59 Å². The molecule has 18 atom stereocenters. The summed E-state index contributed by atoms with van der Waals surface area (Å²) in [6.07, 6.45) is -8.72. The molecule has 3 aliphatic heterocycles. The third-order valence-electron chi connectivity index (χ3n) is 14.3. The van der Waals surface area contributed by atoms with E-state index in [0.29, 0.717) is 12.8 Å². The Morgan fingerprint density at radius 3 is 2.08 bits per heavy atom. The van der Waals surface area contributed by atoms with Gasteiger partial charge in [0.2, 0.25) is 0 Å². The molecule has 1 amide bonds. The van der Waals surface area contributed by atoms with Crippen molar-refractivity contribution in [2.75, 3.05) is 42.0 Å². The Morgan fingerprint density at radius 1 is 0.892 bits per heavy atom. The average Bonchev–Trinajstić information content (AvgIpc) is 3.25. The molecule has 3 heterocycles. The summed E-state index contributed by atoms with van der Waals surface area (Å²) < 4.78 is 70.4. The summed E-state index contributed by atoms with van der Waals surface area (Å²) >= 11 is 0. The third-order valence-corrected chi connectivity index (χ3v) is 14.3. The van der Waals surface area contributed by atoms with E-state index in [1.54, 1.807) is 53.7 Å². The Balaban J connectivity index is 1.75. The van der Waals surface area contributed by atoms with E-state index in [-0.39, 0.29) is 49.6 Å². The molecule has 0 bridgehead atoms. The van der Waals surface area contributed by atoms with Crippen molar-refractivity contribution in [2.24, 2.45) is 23.7 Å². The number of halogens is 1. The Bertz CT molecular complexity index is 1700. The maximum atomic E-state index is 14.6. The lowest BCUT2D eigenvalue weighted by Crippen LogP contribution is -2.62. The van der Waals surface area contributed by atoms with Crippen molar-refractivity contribution in [3.05, 3.63) is 35.6 Å². The zero-order chi connectivity index (χ0) is 48.8. The van der Waals surface area contributed by atoms with E-state index in [1.165, 1.54) is 40.4 Å². The largest absolute Gasteiger partial charge is 0.459 e. The number of nitrogens with one attached hydrogen (secondary N) is 1. The van der Waals surface area contributed by atoms with Crippen LogP contribution in [0.3, 0.4) is 0 Å². The van der Waals surface area contributed by atoms with Gasteiger partial charge in [-0.1, -0.05) is 39.8 Å². The number of amides is 1. The first kappa shape index (κ1) is 54.8. The zero-order valence-corrected chi connectivity index (χ0v) is 41.3. The molecule has 0 aromatic heterocycles. The van der Waals surface area contributed by atoms with Crippen LogP contribution < -0.4 is 5.32 Å². The highest BCUT2D eigenvalue weighted by Crippen LogP contribution is 2.42. The molecule has 65 heavy (non-hydrogen) atoms. The molecule has 3 aliphatic rings. The summed E-state index contributed by atoms with van der Waals surface area (Å²) in [4.78, 5) is 44.0. The summed E-state index contributed by atoms with van der Waals surface area (Å²) in [5.41, 5.74) is -3.36. The Labute approximate surface area is 385 Å². The number of methoxy groups -OCH3 is 3. The third kappa shape index (κ3) is 12.8. The normalized spacial score (nSPS) is 41.4. The minimum absolute atomic E-state index is 0.0527. The van der Waals surface area contributed by atoms with Crippen LogP contribution in [-0.4, -0.2) is 159 Å². The summed E-state index contributed by atoms with van der Waals surface area (Å²) in [5, 5.41) is 26.6. The molecule has 0 aliphatic carbocycles. The second kappa shape index (κ2) is 23.0. The molecule has 17 heteroatoms. The van der Waals surface area contributed by atoms with E-state index in [9.17, 15) is 29.0 Å². The molecule has 4 rings (SSSR count). The van der Waals surface area contributed by atoms with E-state index in [4.69, 9.17) is 42.6 Å². The van der Waals surface area contributed by atoms with Crippen molar-refractivity contribution < 1.29 is 71.6 Å². The molecule has 0 saturated carbocycles. The Kier molecular flexibility index (Phi) is 19.4. The molecule has 0 radical (unpaired) electrons. The van der Waals surface area contributed by atoms with E-state index in [1.807, 2.05) is 39.8 Å². The van der Waals surface area contributed by atoms with Gasteiger partial charge in [0.1, 0.15) is 35.0 Å². The number of likely N-dealkylation sites (N-methyl/N-ethyl adjacent to an activating group) is 1. The molecule has 3 fully saturated rings. The number of ketones is 1. The highest BCUT2D eigenvalue weighted by molar-refractivity contribution is 5.83. The van der Waals surface area contributed by atoms with Crippen LogP contribution in [-0.2, 0) is 58.6 Å². The van der Waals surface area contributed by atoms with Crippen LogP contribution >= 0.6 is 0 Å². The van der Waals surface area contributed by atoms with Crippen LogP contribution in [0.25, 0.3) is 0 Å². The molecule has 1 aromatic carbocycles. The minimum atomic E-state index is -1.78. The molecule has 0 unspecified atom stereocenters. The van der Waals surface area contributed by atoms with Crippen LogP contribution in [0, 0.1) is 29.5 Å². The number of alkyl carbamates (subject to hydrolysis) is 1. The number of hydrogen-bond acceptors (Lipinski definition) is 15. The van der Waals surface area contributed by atoms with Gasteiger partial charge in [0.05, 0.1) is 42.0 Å². The number of nitrogens with zero attached hydrogens (tertiary/aromatic N) is 1. The lowest BCUT2D eigenvalue weighted by atomic mass is 9.73. The number of benzene rings is 1. The summed E-state index contributed by atoms with van der Waals surface area (Å²) in [7, 11) is 8.19. The molecule has 16 nitrogen and oxygen atoms in total. The second-order valence-electron chi connectivity index (χ2n) is 19.5. The first-order valence-corrected chi connectivity index (χ1v) is 23.1. The fourth-order valence-electron chi connectivity index (χ4n) is 10.3. The number of aliphatic hydroxyl groups is 2. The zero-order valence-electron chi connectivity index (χ0n) is 41.3. The lowest BCUT2D eigenvalue weighted by molar-refractivity contribution is -0.319. The minimum Gasteiger partial charge on any atom is -0.459 e. The van der Waals surface area contributed by atoms with Crippen LogP contribution in [0.15, 0.2) is 24.3 Å². The van der Waals surface area contributed by atoms with Crippen LogP contribution in [0.2, 0.25) is 0 Å². The number of ether oxygens (including phenoxy) is 9. The number of rotatable bonds is 13. The first-order valence-electron chi connectivity index (χ1n) is 23.1. The highest BCUT2D eigenvalue weighted by Gasteiger charge is 2.55. The van der Waals surface area contributed by atoms with Gasteiger partial charge in [-0.15, -0.1) is 0 Å². The maximum absolute atomic E-state index is 14.6. The van der Waals surface area contributed by atoms with Crippen molar-refractivity contribution in [2.45, 2.75) is 186 Å². The maximum Gasteiger partial charge on any atom is 0.407 e. The smallest absolute Gasteiger partial charge is 0.407 e. The van der Waals surface area contributed by atoms with Gasteiger partial charge in [-0.25, -0.2) is 9.18 Å². The topological polar surface area (TPSA) is 190 Å². The highest BCUT2D eigenvalue weighted by atomic mass is 19.1. The van der Waals surface area contributed by atoms with E-state index in [2.05, 4.69) is 5.32 Å². The quantitative estimate of drug-likeness (QED) is 0.219. The number of esters is 1. The van der Waals surface area contributed by atoms with Crippen molar-refractivity contribution in [3.63, 3.8) is 0 Å². The van der Waals surface area contributed by atoms with Crippen molar-refractivity contribution in [1.82, 2.24) is 10.2 Å². The summed E-state index contributed by atoms with van der Waals surface area (Å²) in [6.45, 7) is 17.8. The van der Waals surface area contributed by atoms with Crippen LogP contribution in [0.1, 0.15) is 100 Å². The molecule has 3 saturated heterocycles. The number of hydrogen-bond donors (Lipinski definition) is 3. The number of Topliss-reactive ketones (excluding diaryl/α,β-unsaturated/α-hetero) is 1.